The molecule has 0 fully saturated rings. The zero-order valence-corrected chi connectivity index (χ0v) is 16.4. The molecule has 9 heteroatoms. The molecule has 2 aromatic carbocycles. The fraction of sp³-hybridized carbons (Fsp3) is 0.263. The number of hydrogen-bond donors (Lipinski definition) is 1. The molecule has 7 nitrogen and oxygen atoms in total. The van der Waals surface area contributed by atoms with Crippen LogP contribution in [0, 0.1) is 12.7 Å². The lowest BCUT2D eigenvalue weighted by atomic mass is 10.1. The third-order valence-electron chi connectivity index (χ3n) is 4.01. The van der Waals surface area contributed by atoms with E-state index in [1.54, 1.807) is 30.0 Å². The summed E-state index contributed by atoms with van der Waals surface area (Å²) in [6, 6.07) is 12.2. The van der Waals surface area contributed by atoms with Crippen molar-refractivity contribution in [2.75, 3.05) is 19.4 Å². The first kappa shape index (κ1) is 19.8. The van der Waals surface area contributed by atoms with Crippen molar-refractivity contribution in [3.63, 3.8) is 0 Å². The molecule has 0 aliphatic heterocycles. The highest BCUT2D eigenvalue weighted by atomic mass is 32.2. The first-order valence-corrected chi connectivity index (χ1v) is 9.63. The molecule has 0 bridgehead atoms. The van der Waals surface area contributed by atoms with Gasteiger partial charge in [0.15, 0.2) is 0 Å². The molecule has 3 aromatic rings. The fourth-order valence-corrected chi connectivity index (χ4v) is 3.32. The Balaban J connectivity index is 1.57. The Morgan fingerprint density at radius 1 is 1.29 bits per heavy atom. The number of thioether (sulfide) groups is 1. The van der Waals surface area contributed by atoms with Crippen LogP contribution in [0.4, 0.5) is 4.39 Å². The van der Waals surface area contributed by atoms with E-state index in [1.165, 1.54) is 17.8 Å². The first-order chi connectivity index (χ1) is 13.6. The Morgan fingerprint density at radius 2 is 2.11 bits per heavy atom. The smallest absolute Gasteiger partial charge is 0.230 e. The van der Waals surface area contributed by atoms with E-state index in [1.807, 2.05) is 25.1 Å². The fourth-order valence-electron chi connectivity index (χ4n) is 2.60. The van der Waals surface area contributed by atoms with Gasteiger partial charge >= 0.3 is 0 Å². The second kappa shape index (κ2) is 9.32. The minimum atomic E-state index is -0.266. The van der Waals surface area contributed by atoms with Crippen LogP contribution in [0.1, 0.15) is 11.1 Å². The highest BCUT2D eigenvalue weighted by molar-refractivity contribution is 7.99. The Kier molecular flexibility index (Phi) is 6.59. The Hall–Kier alpha value is -2.94. The van der Waals surface area contributed by atoms with Gasteiger partial charge in [0.25, 0.3) is 0 Å². The lowest BCUT2D eigenvalue weighted by Crippen LogP contribution is -2.27. The summed E-state index contributed by atoms with van der Waals surface area (Å²) in [4.78, 5) is 12.1. The van der Waals surface area contributed by atoms with Crippen LogP contribution < -0.4 is 10.1 Å². The number of halogens is 1. The van der Waals surface area contributed by atoms with Crippen LogP contribution in [0.3, 0.4) is 0 Å². The Bertz CT molecular complexity index is 963. The molecule has 0 aliphatic rings. The van der Waals surface area contributed by atoms with Crippen LogP contribution in [-0.4, -0.2) is 45.5 Å². The molecule has 0 aliphatic carbocycles. The largest absolute Gasteiger partial charge is 0.494 e. The second-order valence-corrected chi connectivity index (χ2v) is 6.97. The number of hydrogen-bond acceptors (Lipinski definition) is 6. The molecule has 1 aromatic heterocycles. The average molecular weight is 401 g/mol. The van der Waals surface area contributed by atoms with E-state index in [9.17, 15) is 9.18 Å². The summed E-state index contributed by atoms with van der Waals surface area (Å²) in [6.07, 6.45) is 0.432. The standard InChI is InChI=1S/C19H20FN5O2S/c1-13-7-8-17(27-2)16(11-13)25-19(22-23-24-25)28-12-18(26)21-10-9-14-5-3-4-6-15(14)20/h3-8,11H,9-10,12H2,1-2H3,(H,21,26). The van der Waals surface area contributed by atoms with Gasteiger partial charge in [0.1, 0.15) is 17.3 Å². The van der Waals surface area contributed by atoms with Crippen LogP contribution in [0.15, 0.2) is 47.6 Å². The monoisotopic (exact) mass is 401 g/mol. The van der Waals surface area contributed by atoms with Crippen LogP contribution >= 0.6 is 11.8 Å². The first-order valence-electron chi connectivity index (χ1n) is 8.65. The van der Waals surface area contributed by atoms with Crippen molar-refractivity contribution in [1.29, 1.82) is 0 Å². The molecule has 146 valence electrons. The number of tetrazole rings is 1. The number of carbonyl (C=O) groups is 1. The molecule has 28 heavy (non-hydrogen) atoms. The minimum absolute atomic E-state index is 0.145. The number of rotatable bonds is 8. The highest BCUT2D eigenvalue weighted by Gasteiger charge is 2.15. The maximum Gasteiger partial charge on any atom is 0.230 e. The number of methoxy groups -OCH3 is 1. The van der Waals surface area contributed by atoms with Crippen molar-refractivity contribution < 1.29 is 13.9 Å². The van der Waals surface area contributed by atoms with Gasteiger partial charge in [-0.3, -0.25) is 4.79 Å². The highest BCUT2D eigenvalue weighted by Crippen LogP contribution is 2.26. The average Bonchev–Trinajstić information content (AvgIpc) is 3.16. The van der Waals surface area contributed by atoms with Gasteiger partial charge in [0.05, 0.1) is 12.9 Å². The summed E-state index contributed by atoms with van der Waals surface area (Å²) in [5, 5.41) is 15.0. The molecule has 0 saturated carbocycles. The quantitative estimate of drug-likeness (QED) is 0.584. The maximum absolute atomic E-state index is 13.6. The van der Waals surface area contributed by atoms with Crippen LogP contribution in [0.5, 0.6) is 5.75 Å². The number of benzene rings is 2. The number of amides is 1. The third-order valence-corrected chi connectivity index (χ3v) is 4.93. The predicted molar refractivity (Wildman–Crippen MR) is 104 cm³/mol. The van der Waals surface area contributed by atoms with Crippen molar-refractivity contribution in [2.45, 2.75) is 18.5 Å². The SMILES string of the molecule is COc1ccc(C)cc1-n1nnnc1SCC(=O)NCCc1ccccc1F. The molecule has 1 N–H and O–H groups in total. The van der Waals surface area contributed by atoms with Crippen molar-refractivity contribution in [2.24, 2.45) is 0 Å². The van der Waals surface area contributed by atoms with Gasteiger partial charge in [-0.25, -0.2) is 4.39 Å². The van der Waals surface area contributed by atoms with Gasteiger partial charge in [-0.1, -0.05) is 36.0 Å². The van der Waals surface area contributed by atoms with Gasteiger partial charge in [-0.2, -0.15) is 4.68 Å². The zero-order chi connectivity index (χ0) is 19.9. The summed E-state index contributed by atoms with van der Waals surface area (Å²) in [5.74, 6) is 0.338. The van der Waals surface area contributed by atoms with Crippen LogP contribution in [0.25, 0.3) is 5.69 Å². The number of nitrogens with one attached hydrogen (secondary N) is 1. The van der Waals surface area contributed by atoms with E-state index < -0.39 is 0 Å². The summed E-state index contributed by atoms with van der Waals surface area (Å²) in [7, 11) is 1.58. The van der Waals surface area contributed by atoms with E-state index in [-0.39, 0.29) is 17.5 Å². The van der Waals surface area contributed by atoms with E-state index in [2.05, 4.69) is 20.8 Å². The third kappa shape index (κ3) is 4.86. The van der Waals surface area contributed by atoms with E-state index >= 15 is 0 Å². The molecule has 0 radical (unpaired) electrons. The van der Waals surface area contributed by atoms with Gasteiger partial charge < -0.3 is 10.1 Å². The zero-order valence-electron chi connectivity index (χ0n) is 15.6. The van der Waals surface area contributed by atoms with Gasteiger partial charge in [-0.15, -0.1) is 5.10 Å². The number of aromatic nitrogens is 4. The van der Waals surface area contributed by atoms with Gasteiger partial charge in [0.2, 0.25) is 11.1 Å². The van der Waals surface area contributed by atoms with Crippen LogP contribution in [-0.2, 0) is 11.2 Å². The topological polar surface area (TPSA) is 81.9 Å². The summed E-state index contributed by atoms with van der Waals surface area (Å²) < 4.78 is 20.5. The molecule has 1 heterocycles. The predicted octanol–water partition coefficient (Wildman–Crippen LogP) is 2.57. The normalized spacial score (nSPS) is 10.7. The molecule has 0 atom stereocenters. The summed E-state index contributed by atoms with van der Waals surface area (Å²) in [6.45, 7) is 2.32. The molecule has 0 spiro atoms. The number of aryl methyl sites for hydroxylation is 1. The number of ether oxygens (including phenoxy) is 1. The Labute approximate surface area is 166 Å². The van der Waals surface area contributed by atoms with Gasteiger partial charge in [-0.05, 0) is 53.1 Å². The Morgan fingerprint density at radius 3 is 2.89 bits per heavy atom. The molecule has 0 saturated heterocycles. The van der Waals surface area contributed by atoms with Crippen molar-refractivity contribution in [1.82, 2.24) is 25.5 Å². The molecular formula is C19H20FN5O2S. The van der Waals surface area contributed by atoms with E-state index in [0.29, 0.717) is 35.1 Å². The molecule has 0 unspecified atom stereocenters. The van der Waals surface area contributed by atoms with E-state index in [4.69, 9.17) is 4.74 Å². The maximum atomic E-state index is 13.6. The number of carbonyl (C=O) groups excluding carboxylic acids is 1. The van der Waals surface area contributed by atoms with Crippen molar-refractivity contribution in [3.05, 3.63) is 59.4 Å². The van der Waals surface area contributed by atoms with Crippen molar-refractivity contribution >= 4 is 17.7 Å². The lowest BCUT2D eigenvalue weighted by molar-refractivity contribution is -0.118. The van der Waals surface area contributed by atoms with Crippen LogP contribution in [0.2, 0.25) is 0 Å². The van der Waals surface area contributed by atoms with Gasteiger partial charge in [0, 0.05) is 6.54 Å². The second-order valence-electron chi connectivity index (χ2n) is 6.03. The molecule has 3 rings (SSSR count). The molecule has 1 amide bonds. The minimum Gasteiger partial charge on any atom is -0.494 e. The summed E-state index contributed by atoms with van der Waals surface area (Å²) in [5.41, 5.74) is 2.31. The lowest BCUT2D eigenvalue weighted by Gasteiger charge is -2.10. The van der Waals surface area contributed by atoms with E-state index in [0.717, 1.165) is 5.56 Å². The van der Waals surface area contributed by atoms with Crippen molar-refractivity contribution in [3.8, 4) is 11.4 Å². The molecular weight excluding hydrogens is 381 g/mol. The number of nitrogens with zero attached hydrogens (tertiary/aromatic N) is 4. The summed E-state index contributed by atoms with van der Waals surface area (Å²) >= 11 is 1.22.